The van der Waals surface area contributed by atoms with Crippen molar-refractivity contribution in [1.82, 2.24) is 29.8 Å². The van der Waals surface area contributed by atoms with Crippen LogP contribution >= 0.6 is 0 Å². The standard InChI is InChI=1S/C29H35N9O5/c1-29(2,3)43-28(40)37-11-8-21(9-12-37)38-26-22(18-30-38)25(36-13-16-41-17-14-36)33-24(34-26)19-4-6-20(7-5-19)31-27(39)32-23-10-15-42-35-23/h4-7,10,15,18,21H,8-9,11-14,16-17H2,1-3H3,(H2,31,32,35,39). The zero-order valence-electron chi connectivity index (χ0n) is 24.4. The average molecular weight is 590 g/mol. The highest BCUT2D eigenvalue weighted by Crippen LogP contribution is 2.32. The maximum absolute atomic E-state index is 12.6. The Kier molecular flexibility index (Phi) is 7.84. The second-order valence-electron chi connectivity index (χ2n) is 11.5. The fourth-order valence-corrected chi connectivity index (χ4v) is 5.20. The number of fused-ring (bicyclic) bond motifs is 1. The van der Waals surface area contributed by atoms with Gasteiger partial charge < -0.3 is 29.1 Å². The number of rotatable bonds is 5. The highest BCUT2D eigenvalue weighted by molar-refractivity contribution is 5.99. The summed E-state index contributed by atoms with van der Waals surface area (Å²) in [5, 5.41) is 14.7. The van der Waals surface area contributed by atoms with Crippen LogP contribution < -0.4 is 15.5 Å². The summed E-state index contributed by atoms with van der Waals surface area (Å²) in [5.41, 5.74) is 1.61. The molecule has 2 N–H and O–H groups in total. The number of hydrogen-bond donors (Lipinski definition) is 2. The van der Waals surface area contributed by atoms with E-state index in [1.54, 1.807) is 23.1 Å². The minimum Gasteiger partial charge on any atom is -0.444 e. The number of piperidine rings is 1. The van der Waals surface area contributed by atoms with E-state index in [1.807, 2.05) is 43.8 Å². The Bertz CT molecular complexity index is 1570. The highest BCUT2D eigenvalue weighted by atomic mass is 16.6. The lowest BCUT2D eigenvalue weighted by Crippen LogP contribution is -2.42. The molecule has 0 unspecified atom stereocenters. The average Bonchev–Trinajstić information content (AvgIpc) is 3.67. The first-order chi connectivity index (χ1) is 20.7. The molecule has 43 heavy (non-hydrogen) atoms. The van der Waals surface area contributed by atoms with E-state index in [1.165, 1.54) is 6.26 Å². The van der Waals surface area contributed by atoms with E-state index in [0.29, 0.717) is 56.7 Å². The molecule has 0 aliphatic carbocycles. The van der Waals surface area contributed by atoms with Gasteiger partial charge in [-0.05, 0) is 57.9 Å². The van der Waals surface area contributed by atoms with E-state index >= 15 is 0 Å². The number of amides is 3. The van der Waals surface area contributed by atoms with Crippen molar-refractivity contribution in [3.8, 4) is 11.4 Å². The quantitative estimate of drug-likeness (QED) is 0.339. The third-order valence-corrected chi connectivity index (χ3v) is 7.29. The van der Waals surface area contributed by atoms with Gasteiger partial charge in [0.05, 0.1) is 30.8 Å². The van der Waals surface area contributed by atoms with Crippen LogP contribution in [-0.2, 0) is 9.47 Å². The number of hydrogen-bond acceptors (Lipinski definition) is 10. The number of carbonyl (C=O) groups is 2. The van der Waals surface area contributed by atoms with Crippen LogP contribution in [-0.4, -0.2) is 86.9 Å². The number of nitrogens with one attached hydrogen (secondary N) is 2. The third kappa shape index (κ3) is 6.53. The summed E-state index contributed by atoms with van der Waals surface area (Å²) < 4.78 is 17.9. The summed E-state index contributed by atoms with van der Waals surface area (Å²) in [6.07, 6.45) is 4.40. The van der Waals surface area contributed by atoms with Crippen molar-refractivity contribution in [3.05, 3.63) is 42.8 Å². The number of nitrogens with zero attached hydrogens (tertiary/aromatic N) is 7. The fraction of sp³-hybridized carbons (Fsp3) is 0.448. The van der Waals surface area contributed by atoms with Gasteiger partial charge >= 0.3 is 12.1 Å². The third-order valence-electron chi connectivity index (χ3n) is 7.29. The summed E-state index contributed by atoms with van der Waals surface area (Å²) >= 11 is 0. The zero-order valence-corrected chi connectivity index (χ0v) is 24.4. The lowest BCUT2D eigenvalue weighted by molar-refractivity contribution is 0.0186. The highest BCUT2D eigenvalue weighted by Gasteiger charge is 2.30. The van der Waals surface area contributed by atoms with Gasteiger partial charge in [0.1, 0.15) is 17.7 Å². The Morgan fingerprint density at radius 3 is 2.40 bits per heavy atom. The number of morpholine rings is 1. The van der Waals surface area contributed by atoms with Crippen molar-refractivity contribution >= 4 is 40.5 Å². The Hall–Kier alpha value is -4.72. The molecule has 14 nitrogen and oxygen atoms in total. The molecule has 1 aromatic carbocycles. The summed E-state index contributed by atoms with van der Waals surface area (Å²) in [5.74, 6) is 1.69. The largest absolute Gasteiger partial charge is 0.444 e. The lowest BCUT2D eigenvalue weighted by atomic mass is 10.1. The maximum atomic E-state index is 12.6. The van der Waals surface area contributed by atoms with Crippen LogP contribution in [0.5, 0.6) is 0 Å². The van der Waals surface area contributed by atoms with Crippen LogP contribution in [0.4, 0.5) is 26.9 Å². The van der Waals surface area contributed by atoms with Crippen molar-refractivity contribution in [2.75, 3.05) is 54.9 Å². The van der Waals surface area contributed by atoms with Crippen molar-refractivity contribution < 1.29 is 23.6 Å². The first-order valence-corrected chi connectivity index (χ1v) is 14.4. The summed E-state index contributed by atoms with van der Waals surface area (Å²) in [6, 6.07) is 8.53. The number of carbonyl (C=O) groups excluding carboxylic acids is 2. The van der Waals surface area contributed by atoms with Crippen molar-refractivity contribution in [1.29, 1.82) is 0 Å². The molecule has 3 amide bonds. The van der Waals surface area contributed by atoms with Gasteiger partial charge in [0.25, 0.3) is 0 Å². The van der Waals surface area contributed by atoms with Gasteiger partial charge in [0.2, 0.25) is 0 Å². The predicted octanol–water partition coefficient (Wildman–Crippen LogP) is 4.53. The number of likely N-dealkylation sites (tertiary alicyclic amines) is 1. The van der Waals surface area contributed by atoms with Crippen LogP contribution in [0.1, 0.15) is 39.7 Å². The van der Waals surface area contributed by atoms with Gasteiger partial charge in [0.15, 0.2) is 17.3 Å². The molecule has 6 rings (SSSR count). The minimum atomic E-state index is -0.534. The van der Waals surface area contributed by atoms with E-state index in [0.717, 1.165) is 35.3 Å². The SMILES string of the molecule is CC(C)(C)OC(=O)N1CCC(n2ncc3c(N4CCOCC4)nc(-c4ccc(NC(=O)Nc5ccon5)cc4)nc32)CC1. The van der Waals surface area contributed by atoms with Crippen LogP contribution in [0.25, 0.3) is 22.4 Å². The van der Waals surface area contributed by atoms with Crippen LogP contribution in [0, 0.1) is 0 Å². The van der Waals surface area contributed by atoms with E-state index in [9.17, 15) is 9.59 Å². The normalized spacial score (nSPS) is 16.3. The molecular weight excluding hydrogens is 554 g/mol. The predicted molar refractivity (Wildman–Crippen MR) is 159 cm³/mol. The lowest BCUT2D eigenvalue weighted by Gasteiger charge is -2.33. The van der Waals surface area contributed by atoms with Crippen LogP contribution in [0.2, 0.25) is 0 Å². The van der Waals surface area contributed by atoms with Gasteiger partial charge in [-0.3, -0.25) is 5.32 Å². The number of benzene rings is 1. The molecule has 2 saturated heterocycles. The molecule has 2 fully saturated rings. The Morgan fingerprint density at radius 2 is 1.72 bits per heavy atom. The zero-order chi connectivity index (χ0) is 30.0. The molecule has 0 atom stereocenters. The molecule has 4 aromatic rings. The fourth-order valence-electron chi connectivity index (χ4n) is 5.20. The second-order valence-corrected chi connectivity index (χ2v) is 11.5. The molecular formula is C29H35N9O5. The summed E-state index contributed by atoms with van der Waals surface area (Å²) in [7, 11) is 0. The number of urea groups is 1. The van der Waals surface area contributed by atoms with Gasteiger partial charge in [-0.2, -0.15) is 5.10 Å². The van der Waals surface area contributed by atoms with E-state index in [-0.39, 0.29) is 12.1 Å². The van der Waals surface area contributed by atoms with Gasteiger partial charge in [-0.1, -0.05) is 5.16 Å². The molecule has 5 heterocycles. The molecule has 14 heteroatoms. The summed E-state index contributed by atoms with van der Waals surface area (Å²) in [6.45, 7) is 9.45. The Morgan fingerprint density at radius 1 is 0.977 bits per heavy atom. The second kappa shape index (κ2) is 11.9. The van der Waals surface area contributed by atoms with Crippen LogP contribution in [0.3, 0.4) is 0 Å². The Labute approximate surface area is 248 Å². The minimum absolute atomic E-state index is 0.0753. The summed E-state index contributed by atoms with van der Waals surface area (Å²) in [4.78, 5) is 38.8. The number of aromatic nitrogens is 5. The molecule has 2 aliphatic rings. The first kappa shape index (κ1) is 28.4. The Balaban J connectivity index is 1.25. The van der Waals surface area contributed by atoms with E-state index < -0.39 is 11.6 Å². The van der Waals surface area contributed by atoms with Gasteiger partial charge in [0, 0.05) is 43.5 Å². The molecule has 0 bridgehead atoms. The molecule has 0 radical (unpaired) electrons. The molecule has 2 aliphatic heterocycles. The molecule has 0 spiro atoms. The topological polar surface area (TPSA) is 153 Å². The van der Waals surface area contributed by atoms with Gasteiger partial charge in [-0.15, -0.1) is 0 Å². The van der Waals surface area contributed by atoms with Gasteiger partial charge in [-0.25, -0.2) is 24.2 Å². The smallest absolute Gasteiger partial charge is 0.410 e. The maximum Gasteiger partial charge on any atom is 0.410 e. The van der Waals surface area contributed by atoms with Crippen molar-refractivity contribution in [2.24, 2.45) is 0 Å². The van der Waals surface area contributed by atoms with Crippen molar-refractivity contribution in [2.45, 2.75) is 45.3 Å². The molecule has 0 saturated carbocycles. The van der Waals surface area contributed by atoms with Crippen molar-refractivity contribution in [3.63, 3.8) is 0 Å². The molecule has 3 aromatic heterocycles. The van der Waals surface area contributed by atoms with Crippen LogP contribution in [0.15, 0.2) is 47.3 Å². The monoisotopic (exact) mass is 589 g/mol. The van der Waals surface area contributed by atoms with E-state index in [2.05, 4.69) is 20.7 Å². The first-order valence-electron chi connectivity index (χ1n) is 14.4. The number of ether oxygens (including phenoxy) is 2. The molecule has 226 valence electrons. The van der Waals surface area contributed by atoms with E-state index in [4.69, 9.17) is 29.1 Å². The number of anilines is 3.